The van der Waals surface area contributed by atoms with Crippen LogP contribution in [0.25, 0.3) is 0 Å². The molecule has 0 saturated heterocycles. The van der Waals surface area contributed by atoms with Crippen LogP contribution in [0.1, 0.15) is 11.1 Å². The summed E-state index contributed by atoms with van der Waals surface area (Å²) in [4.78, 5) is 10.5. The number of aromatic hydroxyl groups is 1. The summed E-state index contributed by atoms with van der Waals surface area (Å²) in [7, 11) is 1.45. The minimum Gasteiger partial charge on any atom is -0.504 e. The first-order chi connectivity index (χ1) is 8.58. The molecule has 0 heterocycles. The zero-order valence-electron chi connectivity index (χ0n) is 10.0. The molecule has 0 spiro atoms. The normalized spacial score (nSPS) is 10.3. The molecule has 0 atom stereocenters. The van der Waals surface area contributed by atoms with E-state index in [1.165, 1.54) is 13.3 Å². The van der Waals surface area contributed by atoms with Gasteiger partial charge >= 0.3 is 6.03 Å². The lowest BCUT2D eigenvalue weighted by molar-refractivity contribution is 0.249. The Bertz CT molecular complexity index is 484. The van der Waals surface area contributed by atoms with Gasteiger partial charge in [-0.15, -0.1) is 6.58 Å². The van der Waals surface area contributed by atoms with Gasteiger partial charge in [0.15, 0.2) is 11.5 Å². The van der Waals surface area contributed by atoms with Gasteiger partial charge in [0, 0.05) is 5.56 Å². The van der Waals surface area contributed by atoms with Gasteiger partial charge in [-0.1, -0.05) is 6.08 Å². The van der Waals surface area contributed by atoms with E-state index < -0.39 is 6.03 Å². The van der Waals surface area contributed by atoms with Crippen molar-refractivity contribution in [3.05, 3.63) is 35.9 Å². The highest BCUT2D eigenvalue weighted by molar-refractivity contribution is 5.86. The molecule has 1 aromatic carbocycles. The molecule has 18 heavy (non-hydrogen) atoms. The lowest BCUT2D eigenvalue weighted by Crippen LogP contribution is -2.24. The number of hydrogen-bond donors (Lipinski definition) is 3. The number of nitrogens with two attached hydrogens (primary N) is 1. The Balaban J connectivity index is 3.07. The number of hydrazone groups is 1. The highest BCUT2D eigenvalue weighted by Gasteiger charge is 2.08. The molecule has 0 aliphatic heterocycles. The van der Waals surface area contributed by atoms with Gasteiger partial charge in [0.25, 0.3) is 0 Å². The Labute approximate surface area is 105 Å². The Kier molecular flexibility index (Phi) is 4.74. The van der Waals surface area contributed by atoms with Crippen LogP contribution in [0.5, 0.6) is 11.5 Å². The molecule has 0 aromatic heterocycles. The number of hydrogen-bond acceptors (Lipinski definition) is 4. The van der Waals surface area contributed by atoms with Gasteiger partial charge in [0.1, 0.15) is 0 Å². The second-order valence-electron chi connectivity index (χ2n) is 3.46. The average molecular weight is 249 g/mol. The summed E-state index contributed by atoms with van der Waals surface area (Å²) in [6, 6.07) is 2.64. The topological polar surface area (TPSA) is 96.9 Å². The highest BCUT2D eigenvalue weighted by atomic mass is 16.5. The summed E-state index contributed by atoms with van der Waals surface area (Å²) in [6.07, 6.45) is 3.64. The number of phenols is 1. The number of methoxy groups -OCH3 is 1. The molecule has 0 bridgehead atoms. The van der Waals surface area contributed by atoms with E-state index in [2.05, 4.69) is 11.7 Å². The zero-order chi connectivity index (χ0) is 13.5. The molecule has 0 saturated carbocycles. The van der Waals surface area contributed by atoms with Gasteiger partial charge in [-0.05, 0) is 24.1 Å². The molecule has 0 aliphatic carbocycles. The van der Waals surface area contributed by atoms with Gasteiger partial charge in [-0.25, -0.2) is 10.2 Å². The van der Waals surface area contributed by atoms with Crippen LogP contribution in [0.4, 0.5) is 4.79 Å². The molecule has 2 amide bonds. The van der Waals surface area contributed by atoms with Crippen molar-refractivity contribution in [3.63, 3.8) is 0 Å². The number of benzene rings is 1. The number of ether oxygens (including phenoxy) is 1. The second-order valence-corrected chi connectivity index (χ2v) is 3.46. The first-order valence-electron chi connectivity index (χ1n) is 5.17. The standard InChI is InChI=1S/C12H15N3O3/c1-3-4-8-5-9(7-14-15-12(13)17)11(16)10(6-8)18-2/h3,5-7,16H,1,4H2,2H3,(H3,13,15,17). The number of carbonyl (C=O) groups excluding carboxylic acids is 1. The van der Waals surface area contributed by atoms with E-state index in [0.29, 0.717) is 17.7 Å². The van der Waals surface area contributed by atoms with Crippen molar-refractivity contribution >= 4 is 12.2 Å². The molecule has 4 N–H and O–H groups in total. The second kappa shape index (κ2) is 6.29. The van der Waals surface area contributed by atoms with Gasteiger partial charge in [0.2, 0.25) is 0 Å². The molecule has 0 aliphatic rings. The molecular formula is C12H15N3O3. The Hall–Kier alpha value is -2.50. The van der Waals surface area contributed by atoms with Crippen LogP contribution in [0.3, 0.4) is 0 Å². The van der Waals surface area contributed by atoms with Crippen molar-refractivity contribution in [1.29, 1.82) is 0 Å². The van der Waals surface area contributed by atoms with E-state index in [9.17, 15) is 9.90 Å². The molecule has 1 aromatic rings. The third-order valence-electron chi connectivity index (χ3n) is 2.14. The van der Waals surface area contributed by atoms with E-state index in [-0.39, 0.29) is 5.75 Å². The Morgan fingerprint density at radius 2 is 2.39 bits per heavy atom. The average Bonchev–Trinajstić information content (AvgIpc) is 2.32. The lowest BCUT2D eigenvalue weighted by atomic mass is 10.1. The predicted molar refractivity (Wildman–Crippen MR) is 68.9 cm³/mol. The smallest absolute Gasteiger partial charge is 0.332 e. The fourth-order valence-electron chi connectivity index (χ4n) is 1.39. The van der Waals surface area contributed by atoms with Gasteiger partial charge in [-0.2, -0.15) is 5.10 Å². The molecule has 0 fully saturated rings. The van der Waals surface area contributed by atoms with Gasteiger partial charge < -0.3 is 15.6 Å². The third kappa shape index (κ3) is 3.51. The van der Waals surface area contributed by atoms with E-state index in [1.54, 1.807) is 18.2 Å². The SMILES string of the molecule is C=CCc1cc(C=NNC(N)=O)c(O)c(OC)c1. The number of amides is 2. The summed E-state index contributed by atoms with van der Waals surface area (Å²) in [5, 5.41) is 13.4. The number of primary amides is 1. The van der Waals surface area contributed by atoms with Crippen LogP contribution in [-0.2, 0) is 6.42 Å². The van der Waals surface area contributed by atoms with Crippen molar-refractivity contribution in [2.75, 3.05) is 7.11 Å². The maximum absolute atomic E-state index is 10.5. The third-order valence-corrected chi connectivity index (χ3v) is 2.14. The zero-order valence-corrected chi connectivity index (χ0v) is 10.0. The van der Waals surface area contributed by atoms with Crippen molar-refractivity contribution in [2.24, 2.45) is 10.8 Å². The monoisotopic (exact) mass is 249 g/mol. The quantitative estimate of drug-likeness (QED) is 0.414. The number of allylic oxidation sites excluding steroid dienone is 1. The highest BCUT2D eigenvalue weighted by Crippen LogP contribution is 2.30. The summed E-state index contributed by atoms with van der Waals surface area (Å²) in [5.74, 6) is 0.273. The van der Waals surface area contributed by atoms with Crippen LogP contribution >= 0.6 is 0 Å². The molecule has 0 unspecified atom stereocenters. The first-order valence-corrected chi connectivity index (χ1v) is 5.17. The van der Waals surface area contributed by atoms with Crippen LogP contribution in [0, 0.1) is 0 Å². The maximum Gasteiger partial charge on any atom is 0.332 e. The van der Waals surface area contributed by atoms with Gasteiger partial charge in [-0.3, -0.25) is 0 Å². The van der Waals surface area contributed by atoms with Gasteiger partial charge in [0.05, 0.1) is 13.3 Å². The lowest BCUT2D eigenvalue weighted by Gasteiger charge is -2.08. The minimum absolute atomic E-state index is 0.0552. The van der Waals surface area contributed by atoms with E-state index in [4.69, 9.17) is 10.5 Å². The van der Waals surface area contributed by atoms with Crippen molar-refractivity contribution < 1.29 is 14.6 Å². The number of nitrogens with one attached hydrogen (secondary N) is 1. The van der Waals surface area contributed by atoms with E-state index >= 15 is 0 Å². The molecule has 1 rings (SSSR count). The van der Waals surface area contributed by atoms with Crippen LogP contribution in [-0.4, -0.2) is 24.5 Å². The summed E-state index contributed by atoms with van der Waals surface area (Å²) in [5.41, 5.74) is 8.23. The Morgan fingerprint density at radius 3 is 2.94 bits per heavy atom. The fraction of sp³-hybridized carbons (Fsp3) is 0.167. The summed E-state index contributed by atoms with van der Waals surface area (Å²) >= 11 is 0. The molecule has 96 valence electrons. The number of rotatable bonds is 5. The molecule has 6 heteroatoms. The maximum atomic E-state index is 10.5. The van der Waals surface area contributed by atoms with Crippen LogP contribution in [0.2, 0.25) is 0 Å². The summed E-state index contributed by atoms with van der Waals surface area (Å²) < 4.78 is 5.04. The number of carbonyl (C=O) groups is 1. The Morgan fingerprint density at radius 1 is 1.67 bits per heavy atom. The van der Waals surface area contributed by atoms with E-state index in [0.717, 1.165) is 5.56 Å². The minimum atomic E-state index is -0.778. The number of nitrogens with zero attached hydrogens (tertiary/aromatic N) is 1. The van der Waals surface area contributed by atoms with Crippen molar-refractivity contribution in [3.8, 4) is 11.5 Å². The first kappa shape index (κ1) is 13.6. The van der Waals surface area contributed by atoms with Crippen LogP contribution < -0.4 is 15.9 Å². The molecular weight excluding hydrogens is 234 g/mol. The molecule has 0 radical (unpaired) electrons. The summed E-state index contributed by atoms with van der Waals surface area (Å²) in [6.45, 7) is 3.64. The largest absolute Gasteiger partial charge is 0.504 e. The van der Waals surface area contributed by atoms with Crippen molar-refractivity contribution in [1.82, 2.24) is 5.43 Å². The van der Waals surface area contributed by atoms with Crippen LogP contribution in [0.15, 0.2) is 29.9 Å². The molecule has 6 nitrogen and oxygen atoms in total. The predicted octanol–water partition coefficient (Wildman–Crippen LogP) is 1.13. The van der Waals surface area contributed by atoms with E-state index in [1.807, 2.05) is 5.43 Å². The van der Waals surface area contributed by atoms with Crippen molar-refractivity contribution in [2.45, 2.75) is 6.42 Å². The fourth-order valence-corrected chi connectivity index (χ4v) is 1.39. The number of phenolic OH excluding ortho intramolecular Hbond substituents is 1. The number of urea groups is 1.